The van der Waals surface area contributed by atoms with Crippen LogP contribution in [0.5, 0.6) is 0 Å². The Morgan fingerprint density at radius 3 is 2.07 bits per heavy atom. The molecule has 0 saturated heterocycles. The summed E-state index contributed by atoms with van der Waals surface area (Å²) in [5.74, 6) is 0. The Morgan fingerprint density at radius 2 is 1.52 bits per heavy atom. The fourth-order valence-electron chi connectivity index (χ4n) is 2.33. The van der Waals surface area contributed by atoms with Gasteiger partial charge in [0.25, 0.3) is 0 Å². The molecule has 0 aromatic heterocycles. The van der Waals surface area contributed by atoms with Crippen LogP contribution in [0.1, 0.15) is 35.2 Å². The minimum absolute atomic E-state index is 0.129. The lowest BCUT2D eigenvalue weighted by Gasteiger charge is -2.16. The maximum Gasteiger partial charge on any atom is 0.416 e. The average molecular weight is 390 g/mol. The third-order valence-corrected chi connectivity index (χ3v) is 3.79. The molecule has 0 aliphatic rings. The number of carbonyl (C=O) groups excluding carboxylic acids is 1. The van der Waals surface area contributed by atoms with E-state index in [-0.39, 0.29) is 12.1 Å². The predicted octanol–water partition coefficient (Wildman–Crippen LogP) is 5.28. The first kappa shape index (κ1) is 20.6. The van der Waals surface area contributed by atoms with Crippen molar-refractivity contribution in [2.75, 3.05) is 0 Å². The van der Waals surface area contributed by atoms with Gasteiger partial charge >= 0.3 is 18.4 Å². The van der Waals surface area contributed by atoms with E-state index >= 15 is 0 Å². The summed E-state index contributed by atoms with van der Waals surface area (Å²) in [6.07, 6.45) is -8.92. The molecular formula is C18H16F6N2O. The second kappa shape index (κ2) is 7.89. The van der Waals surface area contributed by atoms with Crippen LogP contribution in [0.15, 0.2) is 48.5 Å². The highest BCUT2D eigenvalue weighted by Crippen LogP contribution is 2.30. The SMILES string of the molecule is CC(NC(=O)NCc1cccc(C(F)(F)F)c1)c1ccc(C(F)(F)F)cc1. The second-order valence-electron chi connectivity index (χ2n) is 5.87. The van der Waals surface area contributed by atoms with Crippen LogP contribution < -0.4 is 10.6 Å². The van der Waals surface area contributed by atoms with E-state index in [4.69, 9.17) is 0 Å². The highest BCUT2D eigenvalue weighted by molar-refractivity contribution is 5.74. The van der Waals surface area contributed by atoms with Crippen LogP contribution in [-0.4, -0.2) is 6.03 Å². The van der Waals surface area contributed by atoms with Gasteiger partial charge in [0.15, 0.2) is 0 Å². The molecule has 0 bridgehead atoms. The van der Waals surface area contributed by atoms with Crippen molar-refractivity contribution in [1.82, 2.24) is 10.6 Å². The first-order valence-electron chi connectivity index (χ1n) is 7.84. The number of nitrogens with one attached hydrogen (secondary N) is 2. The molecule has 27 heavy (non-hydrogen) atoms. The molecule has 9 heteroatoms. The second-order valence-corrected chi connectivity index (χ2v) is 5.87. The first-order valence-corrected chi connectivity index (χ1v) is 7.84. The van der Waals surface area contributed by atoms with Gasteiger partial charge in [0.1, 0.15) is 0 Å². The van der Waals surface area contributed by atoms with Crippen molar-refractivity contribution in [3.63, 3.8) is 0 Å². The van der Waals surface area contributed by atoms with Crippen molar-refractivity contribution < 1.29 is 31.1 Å². The van der Waals surface area contributed by atoms with Crippen LogP contribution in [0.25, 0.3) is 0 Å². The fraction of sp³-hybridized carbons (Fsp3) is 0.278. The van der Waals surface area contributed by atoms with Gasteiger partial charge in [-0.15, -0.1) is 0 Å². The van der Waals surface area contributed by atoms with Gasteiger partial charge in [-0.2, -0.15) is 26.3 Å². The van der Waals surface area contributed by atoms with Gasteiger partial charge in [-0.05, 0) is 42.3 Å². The molecule has 0 saturated carbocycles. The molecule has 0 heterocycles. The number of alkyl halides is 6. The predicted molar refractivity (Wildman–Crippen MR) is 86.7 cm³/mol. The number of carbonyl (C=O) groups is 1. The third kappa shape index (κ3) is 5.90. The van der Waals surface area contributed by atoms with E-state index in [1.165, 1.54) is 24.3 Å². The summed E-state index contributed by atoms with van der Waals surface area (Å²) >= 11 is 0. The van der Waals surface area contributed by atoms with Gasteiger partial charge in [-0.1, -0.05) is 24.3 Å². The van der Waals surface area contributed by atoms with E-state index in [1.54, 1.807) is 6.92 Å². The van der Waals surface area contributed by atoms with Crippen LogP contribution in [-0.2, 0) is 18.9 Å². The molecular weight excluding hydrogens is 374 g/mol. The number of urea groups is 1. The molecule has 1 atom stereocenters. The molecule has 2 rings (SSSR count). The number of amides is 2. The smallest absolute Gasteiger partial charge is 0.334 e. The van der Waals surface area contributed by atoms with Crippen LogP contribution in [0.2, 0.25) is 0 Å². The van der Waals surface area contributed by atoms with E-state index in [9.17, 15) is 31.1 Å². The minimum Gasteiger partial charge on any atom is -0.334 e. The Kier molecular flexibility index (Phi) is 6.02. The molecule has 2 aromatic carbocycles. The molecule has 2 amide bonds. The topological polar surface area (TPSA) is 41.1 Å². The van der Waals surface area contributed by atoms with Crippen LogP contribution >= 0.6 is 0 Å². The monoisotopic (exact) mass is 390 g/mol. The maximum atomic E-state index is 12.7. The summed E-state index contributed by atoms with van der Waals surface area (Å²) in [6.45, 7) is 1.45. The summed E-state index contributed by atoms with van der Waals surface area (Å²) < 4.78 is 75.6. The van der Waals surface area contributed by atoms with Gasteiger partial charge in [0.05, 0.1) is 17.2 Å². The number of hydrogen-bond donors (Lipinski definition) is 2. The van der Waals surface area contributed by atoms with Crippen LogP contribution in [0.4, 0.5) is 31.1 Å². The Balaban J connectivity index is 1.92. The summed E-state index contributed by atoms with van der Waals surface area (Å²) in [7, 11) is 0. The van der Waals surface area contributed by atoms with E-state index < -0.39 is 35.6 Å². The summed E-state index contributed by atoms with van der Waals surface area (Å²) in [6, 6.07) is 7.62. The van der Waals surface area contributed by atoms with Crippen molar-refractivity contribution in [1.29, 1.82) is 0 Å². The lowest BCUT2D eigenvalue weighted by Crippen LogP contribution is -2.36. The van der Waals surface area contributed by atoms with E-state index in [2.05, 4.69) is 10.6 Å². The van der Waals surface area contributed by atoms with Crippen molar-refractivity contribution >= 4 is 6.03 Å². The molecule has 0 fully saturated rings. The molecule has 0 aliphatic carbocycles. The Labute approximate surface area is 151 Å². The molecule has 2 N–H and O–H groups in total. The van der Waals surface area contributed by atoms with E-state index in [0.29, 0.717) is 5.56 Å². The van der Waals surface area contributed by atoms with Crippen molar-refractivity contribution in [2.24, 2.45) is 0 Å². The van der Waals surface area contributed by atoms with Crippen molar-refractivity contribution in [3.8, 4) is 0 Å². The lowest BCUT2D eigenvalue weighted by atomic mass is 10.1. The average Bonchev–Trinajstić information content (AvgIpc) is 2.59. The molecule has 1 unspecified atom stereocenters. The van der Waals surface area contributed by atoms with Crippen molar-refractivity contribution in [3.05, 3.63) is 70.8 Å². The summed E-state index contributed by atoms with van der Waals surface area (Å²) in [4.78, 5) is 11.9. The molecule has 0 aliphatic heterocycles. The third-order valence-electron chi connectivity index (χ3n) is 3.79. The van der Waals surface area contributed by atoms with Crippen molar-refractivity contribution in [2.45, 2.75) is 31.9 Å². The maximum absolute atomic E-state index is 12.7. The normalized spacial score (nSPS) is 13.1. The van der Waals surface area contributed by atoms with Gasteiger partial charge in [-0.3, -0.25) is 0 Å². The van der Waals surface area contributed by atoms with Gasteiger partial charge < -0.3 is 10.6 Å². The Morgan fingerprint density at radius 1 is 0.926 bits per heavy atom. The number of halogens is 6. The zero-order chi connectivity index (χ0) is 20.2. The fourth-order valence-corrected chi connectivity index (χ4v) is 2.33. The Bertz CT molecular complexity index is 784. The highest BCUT2D eigenvalue weighted by Gasteiger charge is 2.31. The number of benzene rings is 2. The molecule has 0 radical (unpaired) electrons. The largest absolute Gasteiger partial charge is 0.416 e. The van der Waals surface area contributed by atoms with Gasteiger partial charge in [-0.25, -0.2) is 4.79 Å². The summed E-state index contributed by atoms with van der Waals surface area (Å²) in [5.41, 5.74) is -0.896. The molecule has 0 spiro atoms. The minimum atomic E-state index is -4.48. The molecule has 146 valence electrons. The Hall–Kier alpha value is -2.71. The van der Waals surface area contributed by atoms with E-state index in [0.717, 1.165) is 24.3 Å². The van der Waals surface area contributed by atoms with Crippen LogP contribution in [0.3, 0.4) is 0 Å². The van der Waals surface area contributed by atoms with E-state index in [1.807, 2.05) is 0 Å². The highest BCUT2D eigenvalue weighted by atomic mass is 19.4. The van der Waals surface area contributed by atoms with Gasteiger partial charge in [0, 0.05) is 6.54 Å². The zero-order valence-electron chi connectivity index (χ0n) is 14.1. The zero-order valence-corrected chi connectivity index (χ0v) is 14.1. The molecule has 2 aromatic rings. The number of hydrogen-bond acceptors (Lipinski definition) is 1. The molecule has 3 nitrogen and oxygen atoms in total. The van der Waals surface area contributed by atoms with Gasteiger partial charge in [0.2, 0.25) is 0 Å². The first-order chi connectivity index (χ1) is 12.5. The number of rotatable bonds is 4. The standard InChI is InChI=1S/C18H16F6N2O/c1-11(13-5-7-14(8-6-13)17(19,20)21)26-16(27)25-10-12-3-2-4-15(9-12)18(22,23)24/h2-9,11H,10H2,1H3,(H2,25,26,27). The quantitative estimate of drug-likeness (QED) is 0.685. The summed E-state index contributed by atoms with van der Waals surface area (Å²) in [5, 5.41) is 4.93. The lowest BCUT2D eigenvalue weighted by molar-refractivity contribution is -0.138. The van der Waals surface area contributed by atoms with Crippen LogP contribution in [0, 0.1) is 0 Å².